The van der Waals surface area contributed by atoms with Gasteiger partial charge in [0.05, 0.1) is 31.2 Å². The quantitative estimate of drug-likeness (QED) is 0.492. The van der Waals surface area contributed by atoms with Gasteiger partial charge in [-0.25, -0.2) is 14.5 Å². The number of methoxy groups -OCH3 is 1. The van der Waals surface area contributed by atoms with Crippen molar-refractivity contribution in [1.29, 1.82) is 0 Å². The van der Waals surface area contributed by atoms with E-state index in [1.165, 1.54) is 0 Å². The van der Waals surface area contributed by atoms with Gasteiger partial charge in [-0.15, -0.1) is 0 Å². The molecule has 1 aromatic carbocycles. The van der Waals surface area contributed by atoms with Crippen molar-refractivity contribution in [2.24, 2.45) is 0 Å². The third-order valence-electron chi connectivity index (χ3n) is 4.72. The highest BCUT2D eigenvalue weighted by molar-refractivity contribution is 5.93. The van der Waals surface area contributed by atoms with Crippen LogP contribution >= 0.6 is 0 Å². The lowest BCUT2D eigenvalue weighted by atomic mass is 10.1. The fourth-order valence-electron chi connectivity index (χ4n) is 2.89. The van der Waals surface area contributed by atoms with Crippen LogP contribution in [0.2, 0.25) is 0 Å². The fraction of sp³-hybridized carbons (Fsp3) is 0.273. The van der Waals surface area contributed by atoms with Gasteiger partial charge in [-0.1, -0.05) is 0 Å². The maximum Gasteiger partial charge on any atom is 0.404 e. The summed E-state index contributed by atoms with van der Waals surface area (Å²) in [5, 5.41) is 15.4. The van der Waals surface area contributed by atoms with Crippen molar-refractivity contribution in [3.63, 3.8) is 0 Å². The molecule has 2 N–H and O–H groups in total. The van der Waals surface area contributed by atoms with E-state index >= 15 is 0 Å². The van der Waals surface area contributed by atoms with Crippen molar-refractivity contribution in [2.45, 2.75) is 6.92 Å². The van der Waals surface area contributed by atoms with Gasteiger partial charge in [0.25, 0.3) is 5.91 Å². The summed E-state index contributed by atoms with van der Waals surface area (Å²) in [6.45, 7) is 2.86. The van der Waals surface area contributed by atoms with Crippen LogP contribution in [-0.4, -0.2) is 70.6 Å². The van der Waals surface area contributed by atoms with E-state index in [4.69, 9.17) is 14.6 Å². The number of nitrogens with one attached hydrogen (secondary N) is 1. The first-order valence-corrected chi connectivity index (χ1v) is 9.99. The summed E-state index contributed by atoms with van der Waals surface area (Å²) < 4.78 is 12.3. The minimum atomic E-state index is -1.09. The van der Waals surface area contributed by atoms with Crippen molar-refractivity contribution in [2.75, 3.05) is 33.9 Å². The summed E-state index contributed by atoms with van der Waals surface area (Å²) in [6, 6.07) is 12.5. The average Bonchev–Trinajstić information content (AvgIpc) is 3.26. The molecule has 0 bridgehead atoms. The zero-order chi connectivity index (χ0) is 23.1. The van der Waals surface area contributed by atoms with Gasteiger partial charge in [0.2, 0.25) is 5.88 Å². The molecule has 3 aromatic rings. The Kier molecular flexibility index (Phi) is 7.27. The first-order valence-electron chi connectivity index (χ1n) is 9.99. The predicted molar refractivity (Wildman–Crippen MR) is 118 cm³/mol. The highest BCUT2D eigenvalue weighted by Crippen LogP contribution is 2.27. The lowest BCUT2D eigenvalue weighted by molar-refractivity contribution is 0.0796. The van der Waals surface area contributed by atoms with Crippen molar-refractivity contribution in [1.82, 2.24) is 25.0 Å². The maximum absolute atomic E-state index is 12.7. The minimum absolute atomic E-state index is 0.181. The monoisotopic (exact) mass is 439 g/mol. The number of carbonyl (C=O) groups is 2. The number of ether oxygens (including phenoxy) is 2. The first kappa shape index (κ1) is 22.6. The highest BCUT2D eigenvalue weighted by Gasteiger charge is 2.19. The SMILES string of the molecule is CCN(C)C(=O)c1cc(-c2ccc(OCCNC(=O)O)cc2)n(-c2ccc(OC)nc2)n1. The number of rotatable bonds is 9. The topological polar surface area (TPSA) is 119 Å². The summed E-state index contributed by atoms with van der Waals surface area (Å²) in [4.78, 5) is 29.0. The van der Waals surface area contributed by atoms with E-state index in [-0.39, 0.29) is 19.1 Å². The molecule has 0 aliphatic rings. The molecule has 0 saturated heterocycles. The Morgan fingerprint density at radius 3 is 2.53 bits per heavy atom. The number of hydrogen-bond donors (Lipinski definition) is 2. The number of aromatic nitrogens is 3. The van der Waals surface area contributed by atoms with Gasteiger partial charge in [0.15, 0.2) is 5.69 Å². The summed E-state index contributed by atoms with van der Waals surface area (Å²) in [7, 11) is 3.27. The zero-order valence-electron chi connectivity index (χ0n) is 18.1. The molecule has 0 aliphatic carbocycles. The van der Waals surface area contributed by atoms with E-state index in [2.05, 4.69) is 15.4 Å². The lowest BCUT2D eigenvalue weighted by Gasteiger charge is -2.11. The van der Waals surface area contributed by atoms with Gasteiger partial charge >= 0.3 is 6.09 Å². The molecule has 2 amide bonds. The second-order valence-corrected chi connectivity index (χ2v) is 6.81. The molecule has 0 fully saturated rings. The smallest absolute Gasteiger partial charge is 0.404 e. The van der Waals surface area contributed by atoms with E-state index in [9.17, 15) is 9.59 Å². The van der Waals surface area contributed by atoms with Gasteiger partial charge in [0.1, 0.15) is 12.4 Å². The number of amides is 2. The maximum atomic E-state index is 12.7. The van der Waals surface area contributed by atoms with Crippen LogP contribution in [0.5, 0.6) is 11.6 Å². The van der Waals surface area contributed by atoms with Crippen molar-refractivity contribution in [3.05, 3.63) is 54.4 Å². The largest absolute Gasteiger partial charge is 0.492 e. The predicted octanol–water partition coefficient (Wildman–Crippen LogP) is 2.68. The molecule has 0 unspecified atom stereocenters. The van der Waals surface area contributed by atoms with E-state index < -0.39 is 6.09 Å². The number of pyridine rings is 1. The molecule has 10 nitrogen and oxygen atoms in total. The highest BCUT2D eigenvalue weighted by atomic mass is 16.5. The third-order valence-corrected chi connectivity index (χ3v) is 4.72. The van der Waals surface area contributed by atoms with Crippen LogP contribution in [0, 0.1) is 0 Å². The fourth-order valence-corrected chi connectivity index (χ4v) is 2.89. The van der Waals surface area contributed by atoms with Gasteiger partial charge in [-0.2, -0.15) is 5.10 Å². The Labute approximate surface area is 185 Å². The molecule has 2 heterocycles. The van der Waals surface area contributed by atoms with Crippen LogP contribution in [0.25, 0.3) is 16.9 Å². The molecule has 2 aromatic heterocycles. The van der Waals surface area contributed by atoms with Gasteiger partial charge < -0.3 is 24.8 Å². The van der Waals surface area contributed by atoms with Gasteiger partial charge in [0, 0.05) is 25.2 Å². The van der Waals surface area contributed by atoms with Crippen LogP contribution in [0.15, 0.2) is 48.7 Å². The number of carboxylic acid groups (broad SMARTS) is 1. The van der Waals surface area contributed by atoms with E-state index in [1.54, 1.807) is 54.2 Å². The molecule has 0 spiro atoms. The molecule has 0 saturated carbocycles. The Morgan fingerprint density at radius 1 is 1.19 bits per heavy atom. The first-order chi connectivity index (χ1) is 15.4. The average molecular weight is 439 g/mol. The molecule has 168 valence electrons. The Bertz CT molecular complexity index is 1060. The number of carbonyl (C=O) groups excluding carboxylic acids is 1. The van der Waals surface area contributed by atoms with Crippen molar-refractivity contribution >= 4 is 12.0 Å². The van der Waals surface area contributed by atoms with E-state index in [0.29, 0.717) is 35.2 Å². The summed E-state index contributed by atoms with van der Waals surface area (Å²) in [5.41, 5.74) is 2.53. The van der Waals surface area contributed by atoms with Crippen LogP contribution < -0.4 is 14.8 Å². The van der Waals surface area contributed by atoms with Crippen molar-refractivity contribution < 1.29 is 24.2 Å². The standard InChI is InChI=1S/C22H25N5O5/c1-4-26(2)21(28)18-13-19(27(25-18)16-7-10-20(31-3)24-14-16)15-5-8-17(9-6-15)32-12-11-23-22(29)30/h5-10,13-14,23H,4,11-12H2,1-3H3,(H,29,30). The molecule has 32 heavy (non-hydrogen) atoms. The Hall–Kier alpha value is -4.08. The summed E-state index contributed by atoms with van der Waals surface area (Å²) in [5.74, 6) is 0.892. The van der Waals surface area contributed by atoms with E-state index in [0.717, 1.165) is 5.56 Å². The van der Waals surface area contributed by atoms with Crippen LogP contribution in [-0.2, 0) is 0 Å². The van der Waals surface area contributed by atoms with Gasteiger partial charge in [-0.05, 0) is 43.3 Å². The second-order valence-electron chi connectivity index (χ2n) is 6.81. The molecular weight excluding hydrogens is 414 g/mol. The molecule has 0 radical (unpaired) electrons. The number of hydrogen-bond acceptors (Lipinski definition) is 6. The van der Waals surface area contributed by atoms with Crippen LogP contribution in [0.1, 0.15) is 17.4 Å². The summed E-state index contributed by atoms with van der Waals surface area (Å²) >= 11 is 0. The zero-order valence-corrected chi connectivity index (χ0v) is 18.1. The Morgan fingerprint density at radius 2 is 1.94 bits per heavy atom. The molecule has 10 heteroatoms. The van der Waals surface area contributed by atoms with E-state index in [1.807, 2.05) is 25.1 Å². The summed E-state index contributed by atoms with van der Waals surface area (Å²) in [6.07, 6.45) is 0.532. The third kappa shape index (κ3) is 5.34. The minimum Gasteiger partial charge on any atom is -0.492 e. The molecular formula is C22H25N5O5. The molecule has 0 aliphatic heterocycles. The molecule has 3 rings (SSSR count). The van der Waals surface area contributed by atoms with Crippen LogP contribution in [0.3, 0.4) is 0 Å². The van der Waals surface area contributed by atoms with Gasteiger partial charge in [-0.3, -0.25) is 4.79 Å². The van der Waals surface area contributed by atoms with Crippen LogP contribution in [0.4, 0.5) is 4.79 Å². The number of nitrogens with zero attached hydrogens (tertiary/aromatic N) is 4. The Balaban J connectivity index is 1.90. The normalized spacial score (nSPS) is 10.5. The molecule has 0 atom stereocenters. The lowest BCUT2D eigenvalue weighted by Crippen LogP contribution is -2.26. The van der Waals surface area contributed by atoms with Crippen molar-refractivity contribution in [3.8, 4) is 28.6 Å². The second kappa shape index (κ2) is 10.3. The number of benzene rings is 1.